The lowest BCUT2D eigenvalue weighted by Gasteiger charge is -2.03. The van der Waals surface area contributed by atoms with Crippen LogP contribution in [0.1, 0.15) is 5.56 Å². The van der Waals surface area contributed by atoms with Crippen LogP contribution in [-0.4, -0.2) is 9.97 Å². The van der Waals surface area contributed by atoms with Gasteiger partial charge in [0, 0.05) is 11.9 Å². The van der Waals surface area contributed by atoms with Gasteiger partial charge in [0.05, 0.1) is 11.6 Å². The van der Waals surface area contributed by atoms with Gasteiger partial charge in [-0.2, -0.15) is 5.26 Å². The zero-order valence-corrected chi connectivity index (χ0v) is 14.1. The Balaban J connectivity index is 0.000000383. The van der Waals surface area contributed by atoms with Gasteiger partial charge >= 0.3 is 5.20 Å². The predicted molar refractivity (Wildman–Crippen MR) is 86.6 cm³/mol. The number of rotatable bonds is 2. The Bertz CT molecular complexity index is 675. The Morgan fingerprint density at radius 3 is 2.19 bits per heavy atom. The minimum Gasteiger partial charge on any atom is -0.324 e. The maximum absolute atomic E-state index is 9.51. The zero-order chi connectivity index (χ0) is 15.9. The van der Waals surface area contributed by atoms with Gasteiger partial charge in [-0.15, -0.1) is 0 Å². The van der Waals surface area contributed by atoms with Crippen molar-refractivity contribution in [1.29, 1.82) is 5.26 Å². The maximum atomic E-state index is 9.51. The van der Waals surface area contributed by atoms with Crippen LogP contribution in [0.25, 0.3) is 0 Å². The van der Waals surface area contributed by atoms with Crippen molar-refractivity contribution in [2.75, 3.05) is 5.32 Å². The molecule has 0 fully saturated rings. The third kappa shape index (κ3) is 8.77. The molecule has 1 heterocycles. The van der Waals surface area contributed by atoms with Gasteiger partial charge in [0.1, 0.15) is 5.15 Å². The number of hydrogen-bond donors (Lipinski definition) is 1. The Morgan fingerprint density at radius 2 is 1.71 bits per heavy atom. The summed E-state index contributed by atoms with van der Waals surface area (Å²) in [6.07, 6.45) is 1.57. The monoisotopic (exact) mass is 382 g/mol. The molecule has 2 aromatic rings. The number of anilines is 2. The smallest absolute Gasteiger partial charge is 0.324 e. The lowest BCUT2D eigenvalue weighted by atomic mass is 10.2. The number of benzene rings is 1. The van der Waals surface area contributed by atoms with E-state index in [2.05, 4.69) is 49.0 Å². The third-order valence-corrected chi connectivity index (χ3v) is 2.10. The molecule has 0 unspecified atom stereocenters. The summed E-state index contributed by atoms with van der Waals surface area (Å²) in [6.45, 7) is 0. The molecule has 1 aromatic carbocycles. The van der Waals surface area contributed by atoms with E-state index in [0.29, 0.717) is 16.7 Å². The normalized spacial score (nSPS) is 10.0. The molecule has 1 N–H and O–H groups in total. The summed E-state index contributed by atoms with van der Waals surface area (Å²) < 4.78 is 9.51. The summed E-state index contributed by atoms with van der Waals surface area (Å²) in [7, 11) is 0. The Hall–Kier alpha value is -1.02. The summed E-state index contributed by atoms with van der Waals surface area (Å²) in [6, 6.07) is 10.6. The maximum Gasteiger partial charge on any atom is 0.339 e. The molecule has 0 bridgehead atoms. The minimum absolute atomic E-state index is 0.381. The van der Waals surface area contributed by atoms with Crippen molar-refractivity contribution in [1.82, 2.24) is 9.97 Å². The Labute approximate surface area is 140 Å². The highest BCUT2D eigenvalue weighted by atomic mass is 36.0. The number of nitrogens with zero attached hydrogens (tertiary/aromatic N) is 3. The van der Waals surface area contributed by atoms with E-state index >= 15 is 0 Å². The summed E-state index contributed by atoms with van der Waals surface area (Å²) in [5.74, 6) is 0.428. The van der Waals surface area contributed by atoms with Gasteiger partial charge in [0.2, 0.25) is 5.95 Å². The Kier molecular flexibility index (Phi) is 7.24. The van der Waals surface area contributed by atoms with Gasteiger partial charge in [0.15, 0.2) is 0 Å². The van der Waals surface area contributed by atoms with Gasteiger partial charge in [-0.1, -0.05) is 11.6 Å². The molecular weight excluding hydrogens is 377 g/mol. The van der Waals surface area contributed by atoms with Crippen molar-refractivity contribution in [2.24, 2.45) is 0 Å². The third-order valence-electron chi connectivity index (χ3n) is 1.89. The van der Waals surface area contributed by atoms with Crippen LogP contribution in [-0.2, 0) is 4.57 Å². The van der Waals surface area contributed by atoms with Crippen LogP contribution in [0.5, 0.6) is 0 Å². The van der Waals surface area contributed by atoms with Crippen molar-refractivity contribution < 1.29 is 4.57 Å². The fraction of sp³-hybridized carbons (Fsp3) is 0. The highest BCUT2D eigenvalue weighted by molar-refractivity contribution is 8.24. The first kappa shape index (κ1) is 18.0. The largest absolute Gasteiger partial charge is 0.339 e. The second-order valence-electron chi connectivity index (χ2n) is 3.42. The van der Waals surface area contributed by atoms with Crippen molar-refractivity contribution in [2.45, 2.75) is 0 Å². The average molecular weight is 384 g/mol. The zero-order valence-electron chi connectivity index (χ0n) is 10.2. The number of halogens is 4. The van der Waals surface area contributed by atoms with E-state index in [-0.39, 0.29) is 0 Å². The Morgan fingerprint density at radius 1 is 1.14 bits per heavy atom. The van der Waals surface area contributed by atoms with Crippen LogP contribution in [0.3, 0.4) is 0 Å². The van der Waals surface area contributed by atoms with Gasteiger partial charge in [0.25, 0.3) is 0 Å². The molecule has 0 aliphatic heterocycles. The molecule has 10 heteroatoms. The first-order valence-electron chi connectivity index (χ1n) is 5.22. The van der Waals surface area contributed by atoms with Crippen molar-refractivity contribution in [3.8, 4) is 6.07 Å². The van der Waals surface area contributed by atoms with Crippen LogP contribution in [0.15, 0.2) is 36.5 Å². The molecule has 0 atom stereocenters. The van der Waals surface area contributed by atoms with Gasteiger partial charge in [-0.05, 0) is 64.1 Å². The number of aromatic nitrogens is 2. The van der Waals surface area contributed by atoms with E-state index in [0.717, 1.165) is 5.69 Å². The summed E-state index contributed by atoms with van der Waals surface area (Å²) >= 11 is 19.6. The standard InChI is InChI=1S/C11H7ClN4.Cl3OP/c12-10-5-6-14-11(16-10)15-9-3-1-8(7-13)2-4-9;1-5(2,3)4/h1-6H,(H,14,15,16);. The molecule has 1 aromatic heterocycles. The predicted octanol–water partition coefficient (Wildman–Crippen LogP) is 5.56. The molecule has 21 heavy (non-hydrogen) atoms. The highest BCUT2D eigenvalue weighted by Crippen LogP contribution is 2.61. The minimum atomic E-state index is -3.22. The van der Waals surface area contributed by atoms with Crippen LogP contribution in [0.4, 0.5) is 11.6 Å². The van der Waals surface area contributed by atoms with E-state index < -0.39 is 5.20 Å². The van der Waals surface area contributed by atoms with Crippen molar-refractivity contribution >= 4 is 62.2 Å². The van der Waals surface area contributed by atoms with Crippen LogP contribution < -0.4 is 5.32 Å². The van der Waals surface area contributed by atoms with E-state index in [1.165, 1.54) is 0 Å². The molecule has 0 radical (unpaired) electrons. The van der Waals surface area contributed by atoms with E-state index in [9.17, 15) is 4.57 Å². The SMILES string of the molecule is N#Cc1ccc(Nc2nccc(Cl)n2)cc1.O=P(Cl)(Cl)Cl. The summed E-state index contributed by atoms with van der Waals surface area (Å²) in [5.41, 5.74) is 1.42. The van der Waals surface area contributed by atoms with Crippen molar-refractivity contribution in [3.63, 3.8) is 0 Å². The number of hydrogen-bond acceptors (Lipinski definition) is 5. The molecule has 0 spiro atoms. The molecule has 0 saturated carbocycles. The number of nitriles is 1. The molecule has 0 aliphatic rings. The average Bonchev–Trinajstić information content (AvgIpc) is 2.38. The van der Waals surface area contributed by atoms with Crippen LogP contribution in [0, 0.1) is 11.3 Å². The second kappa shape index (κ2) is 8.43. The first-order valence-corrected chi connectivity index (χ1v) is 10.0. The van der Waals surface area contributed by atoms with Gasteiger partial charge in [-0.3, -0.25) is 4.57 Å². The van der Waals surface area contributed by atoms with E-state index in [1.807, 2.05) is 6.07 Å². The molecule has 110 valence electrons. The van der Waals surface area contributed by atoms with E-state index in [1.54, 1.807) is 36.5 Å². The second-order valence-corrected chi connectivity index (χ2v) is 10.4. The lowest BCUT2D eigenvalue weighted by molar-refractivity contribution is 0.600. The lowest BCUT2D eigenvalue weighted by Crippen LogP contribution is -1.96. The van der Waals surface area contributed by atoms with Gasteiger partial charge < -0.3 is 5.32 Å². The van der Waals surface area contributed by atoms with Gasteiger partial charge in [-0.25, -0.2) is 9.97 Å². The first-order chi connectivity index (χ1) is 9.78. The molecule has 0 amide bonds. The van der Waals surface area contributed by atoms with Crippen molar-refractivity contribution in [3.05, 3.63) is 47.2 Å². The van der Waals surface area contributed by atoms with Crippen LogP contribution in [0.2, 0.25) is 5.15 Å². The fourth-order valence-electron chi connectivity index (χ4n) is 1.15. The molecular formula is C11H7Cl4N4OP. The summed E-state index contributed by atoms with van der Waals surface area (Å²) in [5, 5.41) is 8.78. The highest BCUT2D eigenvalue weighted by Gasteiger charge is 2.03. The van der Waals surface area contributed by atoms with E-state index in [4.69, 9.17) is 16.9 Å². The summed E-state index contributed by atoms with van der Waals surface area (Å²) in [4.78, 5) is 8.00. The quantitative estimate of drug-likeness (QED) is 0.542. The molecule has 0 saturated heterocycles. The number of nitrogens with one attached hydrogen (secondary N) is 1. The topological polar surface area (TPSA) is 78.7 Å². The van der Waals surface area contributed by atoms with Crippen LogP contribution >= 0.6 is 50.5 Å². The molecule has 0 aliphatic carbocycles. The fourth-order valence-corrected chi connectivity index (χ4v) is 1.29. The molecule has 5 nitrogen and oxygen atoms in total. The molecule has 2 rings (SSSR count).